The van der Waals surface area contributed by atoms with Crippen molar-refractivity contribution in [3.8, 4) is 0 Å². The topological polar surface area (TPSA) is 47.4 Å². The van der Waals surface area contributed by atoms with Crippen molar-refractivity contribution in [2.75, 3.05) is 18.1 Å². The Morgan fingerprint density at radius 1 is 1.22 bits per heavy atom. The van der Waals surface area contributed by atoms with E-state index >= 15 is 0 Å². The van der Waals surface area contributed by atoms with Crippen molar-refractivity contribution in [1.29, 1.82) is 0 Å². The van der Waals surface area contributed by atoms with E-state index in [4.69, 9.17) is 4.74 Å². The number of hydrogen-bond acceptors (Lipinski definition) is 3. The van der Waals surface area contributed by atoms with Gasteiger partial charge in [-0.15, -0.1) is 0 Å². The Labute approximate surface area is 135 Å². The third kappa shape index (κ3) is 2.55. The molecule has 5 nitrogen and oxygen atoms in total. The minimum atomic E-state index is 0.0648. The van der Waals surface area contributed by atoms with Crippen LogP contribution in [-0.2, 0) is 29.5 Å². The van der Waals surface area contributed by atoms with Gasteiger partial charge in [0.25, 0.3) is 0 Å². The molecule has 0 saturated carbocycles. The fraction of sp³-hybridized carbons (Fsp3) is 0.444. The predicted octanol–water partition coefficient (Wildman–Crippen LogP) is 2.28. The highest BCUT2D eigenvalue weighted by Gasteiger charge is 2.31. The molecule has 0 radical (unpaired) electrons. The lowest BCUT2D eigenvalue weighted by Gasteiger charge is -2.29. The Hall–Kier alpha value is -2.14. The molecule has 0 bridgehead atoms. The molecule has 1 amide bonds. The number of anilines is 1. The number of nitrogens with zero attached hydrogens (tertiary/aromatic N) is 3. The van der Waals surface area contributed by atoms with Crippen LogP contribution in [0.1, 0.15) is 29.7 Å². The molecule has 0 spiro atoms. The van der Waals surface area contributed by atoms with Crippen molar-refractivity contribution < 1.29 is 9.53 Å². The van der Waals surface area contributed by atoms with Crippen molar-refractivity contribution in [2.24, 2.45) is 13.0 Å². The van der Waals surface area contributed by atoms with E-state index in [0.29, 0.717) is 19.8 Å². The van der Waals surface area contributed by atoms with Gasteiger partial charge in [-0.05, 0) is 24.5 Å². The molecule has 0 atom stereocenters. The lowest BCUT2D eigenvalue weighted by molar-refractivity contribution is -0.125. The van der Waals surface area contributed by atoms with Gasteiger partial charge < -0.3 is 9.64 Å². The number of para-hydroxylation sites is 1. The number of amides is 1. The molecule has 1 aromatic carbocycles. The van der Waals surface area contributed by atoms with E-state index < -0.39 is 0 Å². The minimum Gasteiger partial charge on any atom is -0.381 e. The number of aryl methyl sites for hydroxylation is 1. The van der Waals surface area contributed by atoms with Crippen LogP contribution < -0.4 is 4.90 Å². The van der Waals surface area contributed by atoms with Gasteiger partial charge in [0.15, 0.2) is 0 Å². The Bertz CT molecular complexity index is 732. The summed E-state index contributed by atoms with van der Waals surface area (Å²) in [5, 5.41) is 4.38. The van der Waals surface area contributed by atoms with E-state index in [0.717, 1.165) is 30.5 Å². The van der Waals surface area contributed by atoms with Gasteiger partial charge in [-0.1, -0.05) is 18.2 Å². The summed E-state index contributed by atoms with van der Waals surface area (Å²) in [5.74, 6) is 0.285. The van der Waals surface area contributed by atoms with Crippen LogP contribution in [0.2, 0.25) is 0 Å². The summed E-state index contributed by atoms with van der Waals surface area (Å²) in [5.41, 5.74) is 4.57. The van der Waals surface area contributed by atoms with E-state index in [1.807, 2.05) is 35.0 Å². The maximum Gasteiger partial charge on any atom is 0.230 e. The Balaban J connectivity index is 1.74. The van der Waals surface area contributed by atoms with Crippen molar-refractivity contribution in [1.82, 2.24) is 9.78 Å². The number of aromatic nitrogens is 2. The Morgan fingerprint density at radius 3 is 2.83 bits per heavy atom. The average Bonchev–Trinajstić information content (AvgIpc) is 2.84. The first-order valence-electron chi connectivity index (χ1n) is 8.21. The average molecular weight is 311 g/mol. The second kappa shape index (κ2) is 5.81. The van der Waals surface area contributed by atoms with Crippen LogP contribution in [0.3, 0.4) is 0 Å². The zero-order valence-corrected chi connectivity index (χ0v) is 13.4. The largest absolute Gasteiger partial charge is 0.381 e. The number of carbonyl (C=O) groups is 1. The van der Waals surface area contributed by atoms with Crippen LogP contribution in [0.5, 0.6) is 0 Å². The number of benzene rings is 1. The second-order valence-corrected chi connectivity index (χ2v) is 6.36. The number of hydrogen-bond donors (Lipinski definition) is 0. The summed E-state index contributed by atoms with van der Waals surface area (Å²) in [6.07, 6.45) is 4.35. The molecule has 4 rings (SSSR count). The van der Waals surface area contributed by atoms with Gasteiger partial charge in [-0.25, -0.2) is 0 Å². The van der Waals surface area contributed by atoms with Gasteiger partial charge in [-0.2, -0.15) is 5.10 Å². The third-order valence-corrected chi connectivity index (χ3v) is 4.95. The molecule has 0 N–H and O–H groups in total. The SMILES string of the molecule is Cn1ncc2c1Cc1ccccc1N(C(=O)C1CCOCC1)C2. The van der Waals surface area contributed by atoms with Gasteiger partial charge in [0.2, 0.25) is 5.91 Å². The monoisotopic (exact) mass is 311 g/mol. The third-order valence-electron chi connectivity index (χ3n) is 4.95. The molecule has 120 valence electrons. The summed E-state index contributed by atoms with van der Waals surface area (Å²) >= 11 is 0. The molecule has 23 heavy (non-hydrogen) atoms. The minimum absolute atomic E-state index is 0.0648. The summed E-state index contributed by atoms with van der Waals surface area (Å²) in [6, 6.07) is 8.22. The van der Waals surface area contributed by atoms with Crippen molar-refractivity contribution in [2.45, 2.75) is 25.8 Å². The molecular formula is C18H21N3O2. The molecule has 1 aromatic heterocycles. The molecular weight excluding hydrogens is 290 g/mol. The molecule has 2 aliphatic rings. The van der Waals surface area contributed by atoms with Gasteiger partial charge in [0.05, 0.1) is 12.7 Å². The van der Waals surface area contributed by atoms with E-state index in [1.165, 1.54) is 11.3 Å². The zero-order valence-electron chi connectivity index (χ0n) is 13.4. The lowest BCUT2D eigenvalue weighted by Crippen LogP contribution is -2.38. The molecule has 2 aromatic rings. The molecule has 1 saturated heterocycles. The normalized spacial score (nSPS) is 18.2. The van der Waals surface area contributed by atoms with Crippen LogP contribution in [0, 0.1) is 5.92 Å². The van der Waals surface area contributed by atoms with Crippen molar-refractivity contribution in [3.63, 3.8) is 0 Å². The zero-order chi connectivity index (χ0) is 15.8. The highest BCUT2D eigenvalue weighted by molar-refractivity contribution is 5.96. The van der Waals surface area contributed by atoms with E-state index in [1.54, 1.807) is 0 Å². The first-order valence-corrected chi connectivity index (χ1v) is 8.21. The molecule has 3 heterocycles. The number of carbonyl (C=O) groups excluding carboxylic acids is 1. The molecule has 5 heteroatoms. The second-order valence-electron chi connectivity index (χ2n) is 6.36. The maximum absolute atomic E-state index is 13.1. The standard InChI is InChI=1S/C18H21N3O2/c1-20-17-10-14-4-2-3-5-16(14)21(12-15(17)11-19-20)18(22)13-6-8-23-9-7-13/h2-5,11,13H,6-10,12H2,1H3. The smallest absolute Gasteiger partial charge is 0.230 e. The lowest BCUT2D eigenvalue weighted by atomic mass is 9.98. The summed E-state index contributed by atoms with van der Waals surface area (Å²) in [6.45, 7) is 1.98. The summed E-state index contributed by atoms with van der Waals surface area (Å²) in [7, 11) is 1.97. The van der Waals surface area contributed by atoms with Gasteiger partial charge >= 0.3 is 0 Å². The molecule has 0 unspecified atom stereocenters. The first-order chi connectivity index (χ1) is 11.2. The van der Waals surface area contributed by atoms with Crippen molar-refractivity contribution in [3.05, 3.63) is 47.3 Å². The van der Waals surface area contributed by atoms with Crippen LogP contribution in [-0.4, -0.2) is 28.9 Å². The molecule has 0 aliphatic carbocycles. The Kier molecular flexibility index (Phi) is 3.65. The fourth-order valence-corrected chi connectivity index (χ4v) is 3.59. The fourth-order valence-electron chi connectivity index (χ4n) is 3.59. The Morgan fingerprint density at radius 2 is 2.00 bits per heavy atom. The van der Waals surface area contributed by atoms with Crippen LogP contribution in [0.25, 0.3) is 0 Å². The summed E-state index contributed by atoms with van der Waals surface area (Å²) < 4.78 is 7.33. The van der Waals surface area contributed by atoms with Gasteiger partial charge in [0, 0.05) is 49.5 Å². The van der Waals surface area contributed by atoms with E-state index in [2.05, 4.69) is 17.2 Å². The van der Waals surface area contributed by atoms with Crippen LogP contribution >= 0.6 is 0 Å². The molecule has 1 fully saturated rings. The van der Waals surface area contributed by atoms with Gasteiger partial charge in [-0.3, -0.25) is 9.48 Å². The van der Waals surface area contributed by atoms with Crippen LogP contribution in [0.15, 0.2) is 30.5 Å². The highest BCUT2D eigenvalue weighted by Crippen LogP contribution is 2.32. The van der Waals surface area contributed by atoms with Crippen molar-refractivity contribution >= 4 is 11.6 Å². The number of ether oxygens (including phenoxy) is 1. The first kappa shape index (κ1) is 14.5. The number of rotatable bonds is 1. The maximum atomic E-state index is 13.1. The molecule has 2 aliphatic heterocycles. The van der Waals surface area contributed by atoms with E-state index in [9.17, 15) is 4.79 Å². The summed E-state index contributed by atoms with van der Waals surface area (Å²) in [4.78, 5) is 15.1. The van der Waals surface area contributed by atoms with E-state index in [-0.39, 0.29) is 11.8 Å². The highest BCUT2D eigenvalue weighted by atomic mass is 16.5. The quantitative estimate of drug-likeness (QED) is 0.812. The number of fused-ring (bicyclic) bond motifs is 2. The van der Waals surface area contributed by atoms with Crippen LogP contribution in [0.4, 0.5) is 5.69 Å². The predicted molar refractivity (Wildman–Crippen MR) is 87.2 cm³/mol. The van der Waals surface area contributed by atoms with Gasteiger partial charge in [0.1, 0.15) is 0 Å².